The Hall–Kier alpha value is -5.48. The molecule has 4 aromatic heterocycles. The fourth-order valence-electron chi connectivity index (χ4n) is 8.19. The molecular weight excluding hydrogens is 585 g/mol. The fraction of sp³-hybridized carbons (Fsp3) is 0.182. The third-order valence-corrected chi connectivity index (χ3v) is 10.5. The van der Waals surface area contributed by atoms with Crippen molar-refractivity contribution >= 4 is 46.1 Å². The minimum absolute atomic E-state index is 0.982. The summed E-state index contributed by atoms with van der Waals surface area (Å²) in [5, 5.41) is 2.56. The van der Waals surface area contributed by atoms with E-state index in [1.807, 2.05) is 0 Å². The molecule has 0 amide bonds. The number of hydrogen-bond acceptors (Lipinski definition) is 0. The van der Waals surface area contributed by atoms with Crippen LogP contribution in [-0.4, -0.2) is 9.13 Å². The number of nitrogens with zero attached hydrogens (tertiary/aromatic N) is 4. The molecule has 4 heteroatoms. The van der Waals surface area contributed by atoms with Gasteiger partial charge < -0.3 is 9.13 Å². The predicted molar refractivity (Wildman–Crippen MR) is 198 cm³/mol. The molecule has 234 valence electrons. The zero-order valence-corrected chi connectivity index (χ0v) is 27.7. The first-order valence-electron chi connectivity index (χ1n) is 17.3. The standard InChI is InChI=1S/C44H40N4/c1-45-29-34(37-13-3-5-15-39(37)45)19-18-31-27-36(23-22-35-30-46(2)40-16-6-4-14-38(35)40)48-26-10-12-33-21-20-32-11-9-25-47-24-8-7-17-41(47)43(32)44(33)42(48)28-31/h3-8,13-24,27-30H,9-12,25-26H2,1-2H3/q+2. The minimum Gasteiger partial charge on any atom is -0.350 e. The van der Waals surface area contributed by atoms with Crippen LogP contribution < -0.4 is 9.13 Å². The Morgan fingerprint density at radius 3 is 1.90 bits per heavy atom. The summed E-state index contributed by atoms with van der Waals surface area (Å²) in [5.41, 5.74) is 15.8. The molecule has 2 aliphatic heterocycles. The second kappa shape index (κ2) is 11.6. The highest BCUT2D eigenvalue weighted by molar-refractivity contribution is 5.94. The van der Waals surface area contributed by atoms with Crippen molar-refractivity contribution in [2.45, 2.75) is 38.8 Å². The van der Waals surface area contributed by atoms with Crippen LogP contribution in [0.3, 0.4) is 0 Å². The lowest BCUT2D eigenvalue weighted by atomic mass is 9.88. The Morgan fingerprint density at radius 2 is 1.19 bits per heavy atom. The first kappa shape index (κ1) is 28.7. The SMILES string of the molecule is Cn1cc(/C=C/c2cc(/C=C/c3cn(C)c4ccccc34)[n+]3c(c2)-c2c(ccc4c2-c2cccc[n+]2CCC4)CCC3)c2ccccc21. The summed E-state index contributed by atoms with van der Waals surface area (Å²) in [6.07, 6.45) is 20.4. The molecule has 0 spiro atoms. The Labute approximate surface area is 282 Å². The first-order chi connectivity index (χ1) is 23.6. The van der Waals surface area contributed by atoms with E-state index in [0.29, 0.717) is 0 Å². The summed E-state index contributed by atoms with van der Waals surface area (Å²) in [4.78, 5) is 0. The summed E-state index contributed by atoms with van der Waals surface area (Å²) in [5.74, 6) is 0. The maximum Gasteiger partial charge on any atom is 0.214 e. The van der Waals surface area contributed by atoms with Crippen LogP contribution in [0, 0.1) is 0 Å². The van der Waals surface area contributed by atoms with E-state index >= 15 is 0 Å². The lowest BCUT2D eigenvalue weighted by Gasteiger charge is -2.14. The van der Waals surface area contributed by atoms with Crippen molar-refractivity contribution in [2.24, 2.45) is 14.1 Å². The Morgan fingerprint density at radius 1 is 0.583 bits per heavy atom. The Bertz CT molecular complexity index is 2430. The van der Waals surface area contributed by atoms with Gasteiger partial charge in [0, 0.05) is 97.0 Å². The van der Waals surface area contributed by atoms with Crippen LogP contribution in [0.15, 0.2) is 110 Å². The van der Waals surface area contributed by atoms with E-state index < -0.39 is 0 Å². The van der Waals surface area contributed by atoms with Crippen LogP contribution in [0.5, 0.6) is 0 Å². The molecule has 0 unspecified atom stereocenters. The zero-order valence-electron chi connectivity index (χ0n) is 27.7. The predicted octanol–water partition coefficient (Wildman–Crippen LogP) is 8.81. The highest BCUT2D eigenvalue weighted by Crippen LogP contribution is 2.39. The van der Waals surface area contributed by atoms with Crippen LogP contribution in [0.25, 0.3) is 68.6 Å². The van der Waals surface area contributed by atoms with E-state index in [1.54, 1.807) is 0 Å². The third-order valence-electron chi connectivity index (χ3n) is 10.5. The summed E-state index contributed by atoms with van der Waals surface area (Å²) < 4.78 is 9.50. The van der Waals surface area contributed by atoms with E-state index in [4.69, 9.17) is 0 Å². The monoisotopic (exact) mass is 624 g/mol. The molecule has 0 atom stereocenters. The maximum absolute atomic E-state index is 2.58. The van der Waals surface area contributed by atoms with Gasteiger partial charge >= 0.3 is 0 Å². The van der Waals surface area contributed by atoms with Crippen molar-refractivity contribution in [3.05, 3.63) is 143 Å². The molecule has 9 rings (SSSR count). The molecule has 0 N–H and O–H groups in total. The van der Waals surface area contributed by atoms with Gasteiger partial charge in [-0.25, -0.2) is 0 Å². The molecule has 7 aromatic rings. The van der Waals surface area contributed by atoms with Crippen molar-refractivity contribution in [3.8, 4) is 22.5 Å². The second-order valence-corrected chi connectivity index (χ2v) is 13.5. The van der Waals surface area contributed by atoms with Crippen molar-refractivity contribution in [3.63, 3.8) is 0 Å². The zero-order chi connectivity index (χ0) is 32.2. The number of benzene rings is 3. The Balaban J connectivity index is 1.27. The highest BCUT2D eigenvalue weighted by atomic mass is 15.0. The maximum atomic E-state index is 2.58. The number of aromatic nitrogens is 4. The van der Waals surface area contributed by atoms with Gasteiger partial charge in [-0.05, 0) is 59.4 Å². The van der Waals surface area contributed by atoms with Gasteiger partial charge in [-0.15, -0.1) is 0 Å². The number of rotatable bonds is 4. The van der Waals surface area contributed by atoms with Crippen LogP contribution in [0.2, 0.25) is 0 Å². The van der Waals surface area contributed by atoms with Crippen LogP contribution in [0.1, 0.15) is 46.4 Å². The molecule has 4 nitrogen and oxygen atoms in total. The largest absolute Gasteiger partial charge is 0.350 e. The van der Waals surface area contributed by atoms with Gasteiger partial charge in [0.1, 0.15) is 13.1 Å². The number of hydrogen-bond donors (Lipinski definition) is 0. The smallest absolute Gasteiger partial charge is 0.214 e. The topological polar surface area (TPSA) is 17.6 Å². The average molecular weight is 625 g/mol. The van der Waals surface area contributed by atoms with E-state index in [-0.39, 0.29) is 0 Å². The molecule has 0 fully saturated rings. The van der Waals surface area contributed by atoms with Gasteiger partial charge in [0.15, 0.2) is 6.20 Å². The number of pyridine rings is 2. The summed E-state index contributed by atoms with van der Waals surface area (Å²) >= 11 is 0. The lowest BCUT2D eigenvalue weighted by Crippen LogP contribution is -2.39. The Kier molecular flexibility index (Phi) is 6.97. The van der Waals surface area contributed by atoms with E-state index in [1.165, 1.54) is 77.8 Å². The summed E-state index contributed by atoms with van der Waals surface area (Å²) in [7, 11) is 4.27. The average Bonchev–Trinajstić information content (AvgIpc) is 3.44. The van der Waals surface area contributed by atoms with E-state index in [9.17, 15) is 0 Å². The molecule has 0 bridgehead atoms. The molecular formula is C44H40N4+2. The van der Waals surface area contributed by atoms with Crippen molar-refractivity contribution < 1.29 is 9.13 Å². The molecule has 48 heavy (non-hydrogen) atoms. The highest BCUT2D eigenvalue weighted by Gasteiger charge is 2.32. The van der Waals surface area contributed by atoms with Gasteiger partial charge in [-0.1, -0.05) is 60.7 Å². The summed E-state index contributed by atoms with van der Waals surface area (Å²) in [6.45, 7) is 2.03. The van der Waals surface area contributed by atoms with E-state index in [0.717, 1.165) is 38.8 Å². The number of fused-ring (bicyclic) bond motifs is 9. The van der Waals surface area contributed by atoms with Crippen molar-refractivity contribution in [1.82, 2.24) is 9.13 Å². The molecule has 3 aromatic carbocycles. The molecule has 0 aliphatic carbocycles. The minimum atomic E-state index is 0.982. The van der Waals surface area contributed by atoms with Crippen molar-refractivity contribution in [1.29, 1.82) is 0 Å². The number of aryl methyl sites for hydroxylation is 5. The van der Waals surface area contributed by atoms with Gasteiger partial charge in [-0.2, -0.15) is 9.13 Å². The van der Waals surface area contributed by atoms with Gasteiger partial charge in [-0.3, -0.25) is 0 Å². The molecule has 0 saturated carbocycles. The summed E-state index contributed by atoms with van der Waals surface area (Å²) in [6, 6.07) is 33.7. The normalized spacial score (nSPS) is 14.2. The van der Waals surface area contributed by atoms with Crippen LogP contribution in [-0.2, 0) is 40.0 Å². The molecule has 6 heterocycles. The van der Waals surface area contributed by atoms with Crippen LogP contribution >= 0.6 is 0 Å². The quantitative estimate of drug-likeness (QED) is 0.174. The molecule has 0 saturated heterocycles. The molecule has 0 radical (unpaired) electrons. The van der Waals surface area contributed by atoms with E-state index in [2.05, 4.69) is 166 Å². The third kappa shape index (κ3) is 4.83. The second-order valence-electron chi connectivity index (χ2n) is 13.5. The van der Waals surface area contributed by atoms with Gasteiger partial charge in [0.25, 0.3) is 0 Å². The van der Waals surface area contributed by atoms with Crippen LogP contribution in [0.4, 0.5) is 0 Å². The lowest BCUT2D eigenvalue weighted by molar-refractivity contribution is -0.688. The van der Waals surface area contributed by atoms with Crippen molar-refractivity contribution in [2.75, 3.05) is 0 Å². The first-order valence-corrected chi connectivity index (χ1v) is 17.3. The molecule has 2 aliphatic rings. The fourth-order valence-corrected chi connectivity index (χ4v) is 8.19. The number of para-hydroxylation sites is 2. The van der Waals surface area contributed by atoms with Gasteiger partial charge in [0.2, 0.25) is 17.1 Å². The van der Waals surface area contributed by atoms with Gasteiger partial charge in [0.05, 0.1) is 11.1 Å².